The van der Waals surface area contributed by atoms with Crippen molar-refractivity contribution in [3.63, 3.8) is 0 Å². The summed E-state index contributed by atoms with van der Waals surface area (Å²) in [4.78, 5) is 14.0. The maximum atomic E-state index is 14.0. The molecular formula is C40H59NO10. The lowest BCUT2D eigenvalue weighted by Crippen LogP contribution is -2.61. The average molecular weight is 714 g/mol. The molecule has 284 valence electrons. The number of Topliss-reactive ketones (excluding diaryl/α,β-unsaturated/α-hetero) is 1. The SMILES string of the molecule is C=C1C[C@@H]2CC[C@@]34C[C@H]5O[C@H]6[C@@H](O3)[C@H]3O[C@H](CC[C@@H]3O[C@H]6[C@H]5O4)CC(=O)C[C@@H]3[C@@H](C)[C@@H](C[C@H](O)CN)O[C@H]3C[C@H]3O[C@@H](CC[C@@H]1O2)C[C@@H](C)C3=C. The van der Waals surface area contributed by atoms with Crippen LogP contribution in [0.5, 0.6) is 0 Å². The van der Waals surface area contributed by atoms with E-state index in [1.807, 2.05) is 0 Å². The number of rotatable bonds is 3. The third kappa shape index (κ3) is 6.53. The Kier molecular flexibility index (Phi) is 9.59. The largest absolute Gasteiger partial charge is 0.392 e. The van der Waals surface area contributed by atoms with Crippen LogP contribution in [0, 0.1) is 17.8 Å². The van der Waals surface area contributed by atoms with Gasteiger partial charge in [0.15, 0.2) is 5.79 Å². The molecule has 51 heavy (non-hydrogen) atoms. The molecule has 10 heterocycles. The van der Waals surface area contributed by atoms with Crippen LogP contribution in [0.25, 0.3) is 0 Å². The molecule has 1 spiro atoms. The molecule has 0 radical (unpaired) electrons. The summed E-state index contributed by atoms with van der Waals surface area (Å²) in [6.45, 7) is 13.5. The first kappa shape index (κ1) is 35.5. The summed E-state index contributed by atoms with van der Waals surface area (Å²) in [7, 11) is 0. The fourth-order valence-electron chi connectivity index (χ4n) is 11.3. The topological polar surface area (TPSA) is 137 Å². The third-order valence-electron chi connectivity index (χ3n) is 14.2. The zero-order valence-electron chi connectivity index (χ0n) is 30.4. The predicted octanol–water partition coefficient (Wildman–Crippen LogP) is 4.06. The molecule has 11 heteroatoms. The number of ether oxygens (including phenoxy) is 8. The molecule has 12 bridgehead atoms. The molecule has 11 nitrogen and oxygen atoms in total. The highest BCUT2D eigenvalue weighted by molar-refractivity contribution is 5.79. The highest BCUT2D eigenvalue weighted by Crippen LogP contribution is 2.54. The van der Waals surface area contributed by atoms with Crippen molar-refractivity contribution in [3.05, 3.63) is 24.3 Å². The lowest BCUT2D eigenvalue weighted by atomic mass is 9.78. The van der Waals surface area contributed by atoms with E-state index >= 15 is 0 Å². The molecule has 10 rings (SSSR count). The quantitative estimate of drug-likeness (QED) is 0.410. The van der Waals surface area contributed by atoms with Crippen molar-refractivity contribution in [3.8, 4) is 0 Å². The van der Waals surface area contributed by atoms with E-state index in [0.717, 1.165) is 56.1 Å². The van der Waals surface area contributed by atoms with Gasteiger partial charge in [-0.15, -0.1) is 0 Å². The van der Waals surface area contributed by atoms with E-state index in [1.165, 1.54) is 0 Å². The van der Waals surface area contributed by atoms with Gasteiger partial charge >= 0.3 is 0 Å². The van der Waals surface area contributed by atoms with E-state index in [0.29, 0.717) is 44.4 Å². The molecule has 0 aliphatic carbocycles. The summed E-state index contributed by atoms with van der Waals surface area (Å²) in [6.07, 6.45) is 6.43. The number of hydrogen-bond donors (Lipinski definition) is 2. The lowest BCUT2D eigenvalue weighted by molar-refractivity contribution is -0.292. The Morgan fingerprint density at radius 2 is 1.51 bits per heavy atom. The van der Waals surface area contributed by atoms with Crippen LogP contribution in [0.2, 0.25) is 0 Å². The molecule has 10 aliphatic heterocycles. The van der Waals surface area contributed by atoms with Crippen molar-refractivity contribution in [2.75, 3.05) is 6.54 Å². The van der Waals surface area contributed by atoms with Gasteiger partial charge in [-0.05, 0) is 73.8 Å². The van der Waals surface area contributed by atoms with Gasteiger partial charge in [-0.1, -0.05) is 27.0 Å². The molecule has 0 aromatic heterocycles. The Hall–Kier alpha value is -1.25. The number of aliphatic hydroxyl groups is 1. The number of fused-ring (bicyclic) bond motifs is 6. The fourth-order valence-corrected chi connectivity index (χ4v) is 11.3. The van der Waals surface area contributed by atoms with Gasteiger partial charge in [-0.3, -0.25) is 4.79 Å². The number of ketones is 1. The first-order valence-corrected chi connectivity index (χ1v) is 20.1. The monoisotopic (exact) mass is 713 g/mol. The second-order valence-corrected chi connectivity index (χ2v) is 17.6. The summed E-state index contributed by atoms with van der Waals surface area (Å²) < 4.78 is 54.0. The summed E-state index contributed by atoms with van der Waals surface area (Å²) in [6, 6.07) is 0. The van der Waals surface area contributed by atoms with Crippen molar-refractivity contribution >= 4 is 5.78 Å². The minimum absolute atomic E-state index is 0.00127. The van der Waals surface area contributed by atoms with E-state index in [9.17, 15) is 9.90 Å². The van der Waals surface area contributed by atoms with E-state index in [2.05, 4.69) is 27.0 Å². The van der Waals surface area contributed by atoms with Gasteiger partial charge in [0, 0.05) is 45.1 Å². The molecule has 19 atom stereocenters. The van der Waals surface area contributed by atoms with Crippen molar-refractivity contribution in [2.45, 2.75) is 195 Å². The number of carbonyl (C=O) groups is 1. The fraction of sp³-hybridized carbons (Fsp3) is 0.875. The number of nitrogens with two attached hydrogens (primary N) is 1. The van der Waals surface area contributed by atoms with Gasteiger partial charge in [-0.25, -0.2) is 0 Å². The minimum atomic E-state index is -0.765. The van der Waals surface area contributed by atoms with E-state index in [4.69, 9.17) is 43.6 Å². The first-order chi connectivity index (χ1) is 24.6. The molecular weight excluding hydrogens is 654 g/mol. The summed E-state index contributed by atoms with van der Waals surface area (Å²) in [5.74, 6) is -0.222. The molecule has 0 aromatic carbocycles. The molecule has 10 fully saturated rings. The normalized spacial score (nSPS) is 53.2. The van der Waals surface area contributed by atoms with Crippen molar-refractivity contribution in [2.24, 2.45) is 23.5 Å². The first-order valence-electron chi connectivity index (χ1n) is 20.1. The van der Waals surface area contributed by atoms with Crippen LogP contribution in [0.3, 0.4) is 0 Å². The van der Waals surface area contributed by atoms with Crippen LogP contribution in [-0.4, -0.2) is 115 Å². The molecule has 3 N–H and O–H groups in total. The van der Waals surface area contributed by atoms with Crippen molar-refractivity contribution in [1.82, 2.24) is 0 Å². The Labute approximate surface area is 302 Å². The maximum Gasteiger partial charge on any atom is 0.172 e. The van der Waals surface area contributed by atoms with Crippen LogP contribution in [-0.2, 0) is 42.7 Å². The van der Waals surface area contributed by atoms with Crippen molar-refractivity contribution in [1.29, 1.82) is 0 Å². The van der Waals surface area contributed by atoms with Gasteiger partial charge in [0.05, 0.1) is 61.0 Å². The molecule has 0 aromatic rings. The summed E-state index contributed by atoms with van der Waals surface area (Å²) in [5.41, 5.74) is 8.06. The second kappa shape index (κ2) is 13.8. The van der Waals surface area contributed by atoms with Crippen molar-refractivity contribution < 1.29 is 47.8 Å². The Bertz CT molecular complexity index is 1360. The van der Waals surface area contributed by atoms with Crippen LogP contribution >= 0.6 is 0 Å². The van der Waals surface area contributed by atoms with Gasteiger partial charge in [-0.2, -0.15) is 0 Å². The summed E-state index contributed by atoms with van der Waals surface area (Å²) >= 11 is 0. The van der Waals surface area contributed by atoms with Gasteiger partial charge in [0.1, 0.15) is 36.3 Å². The second-order valence-electron chi connectivity index (χ2n) is 17.6. The Morgan fingerprint density at radius 3 is 2.35 bits per heavy atom. The smallest absolute Gasteiger partial charge is 0.172 e. The van der Waals surface area contributed by atoms with Gasteiger partial charge in [0.25, 0.3) is 0 Å². The molecule has 10 saturated heterocycles. The highest BCUT2D eigenvalue weighted by Gasteiger charge is 2.68. The highest BCUT2D eigenvalue weighted by atomic mass is 16.8. The summed E-state index contributed by atoms with van der Waals surface area (Å²) in [5, 5.41) is 10.5. The molecule has 0 unspecified atom stereocenters. The zero-order chi connectivity index (χ0) is 35.2. The number of hydrogen-bond acceptors (Lipinski definition) is 11. The predicted molar refractivity (Wildman–Crippen MR) is 185 cm³/mol. The Balaban J connectivity index is 0.986. The standard InChI is InChI=1S/C40H59NO10/c1-19-11-25-5-7-29-20(2)12-27(44-29)9-10-40-17-34-36(50-40)37-38(49-34)39(51-40)35-30(48-37)8-6-26(46-35)13-23(42)14-28-22(4)31(15-24(43)18-41)47-33(28)16-32(45-25)21(19)3/h19,22,24-39,43H,2-3,5-18,41H2,1,4H3/t19-,22-,24+,25+,26-,27+,28-,29+,30+,31-,32-,33+,34-,35+,36+,37+,38-,39+,40+/m1/s1. The van der Waals surface area contributed by atoms with Crippen LogP contribution in [0.1, 0.15) is 97.3 Å². The molecule has 0 amide bonds. The zero-order valence-corrected chi connectivity index (χ0v) is 30.4. The van der Waals surface area contributed by atoms with Crippen LogP contribution < -0.4 is 5.73 Å². The van der Waals surface area contributed by atoms with E-state index in [-0.39, 0.29) is 110 Å². The molecule has 0 saturated carbocycles. The van der Waals surface area contributed by atoms with Crippen LogP contribution in [0.15, 0.2) is 24.3 Å². The molecule has 10 aliphatic rings. The maximum absolute atomic E-state index is 14.0. The van der Waals surface area contributed by atoms with Crippen LogP contribution in [0.4, 0.5) is 0 Å². The van der Waals surface area contributed by atoms with E-state index in [1.54, 1.807) is 0 Å². The minimum Gasteiger partial charge on any atom is -0.392 e. The van der Waals surface area contributed by atoms with Gasteiger partial charge < -0.3 is 48.7 Å². The number of aliphatic hydroxyl groups excluding tert-OH is 1. The van der Waals surface area contributed by atoms with Gasteiger partial charge in [0.2, 0.25) is 0 Å². The lowest BCUT2D eigenvalue weighted by Gasteiger charge is -2.47. The third-order valence-corrected chi connectivity index (χ3v) is 14.2. The number of carbonyl (C=O) groups excluding carboxylic acids is 1. The average Bonchev–Trinajstić information content (AvgIpc) is 3.77. The Morgan fingerprint density at radius 1 is 0.765 bits per heavy atom. The van der Waals surface area contributed by atoms with E-state index < -0.39 is 11.9 Å².